The van der Waals surface area contributed by atoms with Crippen LogP contribution in [-0.2, 0) is 0 Å². The molecule has 0 aliphatic carbocycles. The second-order valence-corrected chi connectivity index (χ2v) is 3.86. The van der Waals surface area contributed by atoms with Gasteiger partial charge in [0.25, 0.3) is 0 Å². The Labute approximate surface area is 90.3 Å². The zero-order valence-corrected chi connectivity index (χ0v) is 9.52. The third-order valence-electron chi connectivity index (χ3n) is 1.57. The molecule has 0 heterocycles. The Morgan fingerprint density at radius 1 is 1.58 bits per heavy atom. The maximum atomic E-state index is 11.3. The first kappa shape index (κ1) is 9.99. The number of rotatable bonds is 2. The predicted molar refractivity (Wildman–Crippen MR) is 58.8 cm³/mol. The van der Waals surface area contributed by atoms with Crippen molar-refractivity contribution in [3.63, 3.8) is 0 Å². The van der Waals surface area contributed by atoms with Crippen LogP contribution >= 0.6 is 34.2 Å². The van der Waals surface area contributed by atoms with Crippen molar-refractivity contribution >= 4 is 40.0 Å². The van der Waals surface area contributed by atoms with Crippen molar-refractivity contribution in [2.75, 3.05) is 0 Å². The summed E-state index contributed by atoms with van der Waals surface area (Å²) in [4.78, 5) is 11.3. The normalized spacial score (nSPS) is 9.92. The molecule has 0 fully saturated rings. The lowest BCUT2D eigenvalue weighted by molar-refractivity contribution is 0.0987. The van der Waals surface area contributed by atoms with E-state index in [2.05, 4.69) is 22.6 Å². The molecule has 0 unspecified atom stereocenters. The fourth-order valence-corrected chi connectivity index (χ4v) is 1.74. The SMILES string of the molecule is CCC(=O)c1cccc(Cl)c1I. The van der Waals surface area contributed by atoms with Crippen molar-refractivity contribution in [1.82, 2.24) is 0 Å². The molecule has 3 heteroatoms. The topological polar surface area (TPSA) is 17.1 Å². The maximum absolute atomic E-state index is 11.3. The molecule has 0 aliphatic rings. The standard InChI is InChI=1S/C9H8ClIO/c1-2-8(12)6-4-3-5-7(10)9(6)11/h3-5H,2H2,1H3. The lowest BCUT2D eigenvalue weighted by Gasteiger charge is -2.02. The fourth-order valence-electron chi connectivity index (χ4n) is 0.910. The molecule has 0 saturated carbocycles. The monoisotopic (exact) mass is 294 g/mol. The first-order valence-electron chi connectivity index (χ1n) is 3.64. The van der Waals surface area contributed by atoms with E-state index < -0.39 is 0 Å². The molecule has 0 amide bonds. The summed E-state index contributed by atoms with van der Waals surface area (Å²) in [7, 11) is 0. The lowest BCUT2D eigenvalue weighted by atomic mass is 10.1. The summed E-state index contributed by atoms with van der Waals surface area (Å²) in [5.41, 5.74) is 0.727. The van der Waals surface area contributed by atoms with E-state index in [4.69, 9.17) is 11.6 Å². The van der Waals surface area contributed by atoms with E-state index in [0.717, 1.165) is 9.13 Å². The molecule has 1 aromatic rings. The molecule has 0 saturated heterocycles. The number of benzene rings is 1. The van der Waals surface area contributed by atoms with Crippen molar-refractivity contribution in [1.29, 1.82) is 0 Å². The zero-order chi connectivity index (χ0) is 9.14. The summed E-state index contributed by atoms with van der Waals surface area (Å²) in [6, 6.07) is 5.39. The van der Waals surface area contributed by atoms with Gasteiger partial charge in [0, 0.05) is 15.6 Å². The van der Waals surface area contributed by atoms with Crippen LogP contribution < -0.4 is 0 Å². The Hall–Kier alpha value is -0.0900. The van der Waals surface area contributed by atoms with Crippen LogP contribution in [0.3, 0.4) is 0 Å². The molecule has 1 aromatic carbocycles. The fraction of sp³-hybridized carbons (Fsp3) is 0.222. The lowest BCUT2D eigenvalue weighted by Crippen LogP contribution is -1.99. The number of halogens is 2. The van der Waals surface area contributed by atoms with E-state index in [1.807, 2.05) is 6.92 Å². The molecule has 0 spiro atoms. The summed E-state index contributed by atoms with van der Waals surface area (Å²) in [5, 5.41) is 0.648. The Morgan fingerprint density at radius 3 is 2.83 bits per heavy atom. The first-order chi connectivity index (χ1) is 5.66. The van der Waals surface area contributed by atoms with Crippen LogP contribution in [0.1, 0.15) is 23.7 Å². The van der Waals surface area contributed by atoms with Crippen molar-refractivity contribution in [3.05, 3.63) is 32.4 Å². The molecule has 0 atom stereocenters. The molecule has 0 aromatic heterocycles. The highest BCUT2D eigenvalue weighted by molar-refractivity contribution is 14.1. The first-order valence-corrected chi connectivity index (χ1v) is 5.09. The van der Waals surface area contributed by atoms with Gasteiger partial charge in [-0.15, -0.1) is 0 Å². The Kier molecular flexibility index (Phi) is 3.53. The molecular weight excluding hydrogens is 286 g/mol. The Balaban J connectivity index is 3.16. The van der Waals surface area contributed by atoms with Crippen molar-refractivity contribution in [2.24, 2.45) is 0 Å². The second-order valence-electron chi connectivity index (χ2n) is 2.38. The van der Waals surface area contributed by atoms with Gasteiger partial charge in [0.2, 0.25) is 0 Å². The molecule has 64 valence electrons. The van der Waals surface area contributed by atoms with E-state index in [-0.39, 0.29) is 5.78 Å². The van der Waals surface area contributed by atoms with E-state index in [1.165, 1.54) is 0 Å². The number of hydrogen-bond donors (Lipinski definition) is 0. The van der Waals surface area contributed by atoms with Gasteiger partial charge in [-0.1, -0.05) is 30.7 Å². The van der Waals surface area contributed by atoms with Crippen molar-refractivity contribution in [3.8, 4) is 0 Å². The van der Waals surface area contributed by atoms with Gasteiger partial charge in [0.15, 0.2) is 5.78 Å². The van der Waals surface area contributed by atoms with E-state index in [1.54, 1.807) is 18.2 Å². The maximum Gasteiger partial charge on any atom is 0.163 e. The third-order valence-corrected chi connectivity index (χ3v) is 3.37. The van der Waals surface area contributed by atoms with Crippen LogP contribution in [0.4, 0.5) is 0 Å². The summed E-state index contributed by atoms with van der Waals surface area (Å²) < 4.78 is 0.851. The van der Waals surface area contributed by atoms with Crippen LogP contribution in [0.25, 0.3) is 0 Å². The minimum Gasteiger partial charge on any atom is -0.294 e. The molecule has 0 radical (unpaired) electrons. The Bertz CT molecular complexity index is 309. The highest BCUT2D eigenvalue weighted by atomic mass is 127. The van der Waals surface area contributed by atoms with Gasteiger partial charge in [0.05, 0.1) is 5.02 Å². The smallest absolute Gasteiger partial charge is 0.163 e. The van der Waals surface area contributed by atoms with E-state index in [9.17, 15) is 4.79 Å². The van der Waals surface area contributed by atoms with Gasteiger partial charge in [-0.25, -0.2) is 0 Å². The van der Waals surface area contributed by atoms with Crippen LogP contribution in [0.2, 0.25) is 5.02 Å². The molecule has 0 bridgehead atoms. The molecule has 1 nitrogen and oxygen atoms in total. The molecule has 12 heavy (non-hydrogen) atoms. The summed E-state index contributed by atoms with van der Waals surface area (Å²) in [6.07, 6.45) is 0.524. The molecule has 1 rings (SSSR count). The van der Waals surface area contributed by atoms with E-state index >= 15 is 0 Å². The number of Topliss-reactive ketones (excluding diaryl/α,β-unsaturated/α-hetero) is 1. The quantitative estimate of drug-likeness (QED) is 0.602. The molecule has 0 N–H and O–H groups in total. The van der Waals surface area contributed by atoms with Crippen LogP contribution in [0.15, 0.2) is 18.2 Å². The predicted octanol–water partition coefficient (Wildman–Crippen LogP) is 3.54. The Morgan fingerprint density at radius 2 is 2.25 bits per heavy atom. The third kappa shape index (κ3) is 1.98. The minimum atomic E-state index is 0.141. The van der Waals surface area contributed by atoms with Gasteiger partial charge in [-0.3, -0.25) is 4.79 Å². The zero-order valence-electron chi connectivity index (χ0n) is 6.60. The van der Waals surface area contributed by atoms with Crippen LogP contribution in [0.5, 0.6) is 0 Å². The van der Waals surface area contributed by atoms with Crippen LogP contribution in [0, 0.1) is 3.57 Å². The highest BCUT2D eigenvalue weighted by Crippen LogP contribution is 2.22. The van der Waals surface area contributed by atoms with Gasteiger partial charge in [-0.05, 0) is 28.7 Å². The summed E-state index contributed by atoms with van der Waals surface area (Å²) in [6.45, 7) is 1.85. The number of ketones is 1. The van der Waals surface area contributed by atoms with Gasteiger partial charge in [-0.2, -0.15) is 0 Å². The highest BCUT2D eigenvalue weighted by Gasteiger charge is 2.09. The number of carbonyl (C=O) groups is 1. The molecule has 0 aliphatic heterocycles. The van der Waals surface area contributed by atoms with Crippen LogP contribution in [-0.4, -0.2) is 5.78 Å². The van der Waals surface area contributed by atoms with Crippen molar-refractivity contribution in [2.45, 2.75) is 13.3 Å². The van der Waals surface area contributed by atoms with Gasteiger partial charge < -0.3 is 0 Å². The molecular formula is C9H8ClIO. The number of carbonyl (C=O) groups excluding carboxylic acids is 1. The van der Waals surface area contributed by atoms with Gasteiger partial charge >= 0.3 is 0 Å². The van der Waals surface area contributed by atoms with Gasteiger partial charge in [0.1, 0.15) is 0 Å². The summed E-state index contributed by atoms with van der Waals surface area (Å²) in [5.74, 6) is 0.141. The second kappa shape index (κ2) is 4.23. The minimum absolute atomic E-state index is 0.141. The number of hydrogen-bond acceptors (Lipinski definition) is 1. The average molecular weight is 295 g/mol. The largest absolute Gasteiger partial charge is 0.294 e. The average Bonchev–Trinajstić information content (AvgIpc) is 2.08. The summed E-state index contributed by atoms with van der Waals surface area (Å²) >= 11 is 7.95. The van der Waals surface area contributed by atoms with Crippen molar-refractivity contribution < 1.29 is 4.79 Å². The van der Waals surface area contributed by atoms with E-state index in [0.29, 0.717) is 11.4 Å².